The second-order valence-electron chi connectivity index (χ2n) is 4.13. The lowest BCUT2D eigenvalue weighted by Gasteiger charge is -2.26. The molecule has 2 rings (SSSR count). The minimum absolute atomic E-state index is 0.0964. The molecule has 0 atom stereocenters. The van der Waals surface area contributed by atoms with Gasteiger partial charge in [0.1, 0.15) is 13.1 Å². The first-order valence-electron chi connectivity index (χ1n) is 5.39. The Morgan fingerprint density at radius 1 is 1.28 bits per heavy atom. The molecule has 1 saturated heterocycles. The van der Waals surface area contributed by atoms with Gasteiger partial charge >= 0.3 is 0 Å². The molecule has 0 saturated carbocycles. The molecule has 18 heavy (non-hydrogen) atoms. The summed E-state index contributed by atoms with van der Waals surface area (Å²) in [7, 11) is 0. The van der Waals surface area contributed by atoms with E-state index in [9.17, 15) is 14.4 Å². The molecule has 1 N–H and O–H groups in total. The zero-order valence-electron chi connectivity index (χ0n) is 9.77. The monoisotopic (exact) mass is 264 g/mol. The van der Waals surface area contributed by atoms with Crippen LogP contribution in [0.3, 0.4) is 0 Å². The van der Waals surface area contributed by atoms with Gasteiger partial charge < -0.3 is 4.90 Å². The quantitative estimate of drug-likeness (QED) is 0.569. The van der Waals surface area contributed by atoms with Crippen molar-refractivity contribution in [1.29, 1.82) is 0 Å². The third-order valence-corrected chi connectivity index (χ3v) is 2.96. The first-order valence-corrected chi connectivity index (χ1v) is 5.83. The molecule has 0 unspecified atom stereocenters. The molecule has 0 radical (unpaired) electrons. The van der Waals surface area contributed by atoms with Gasteiger partial charge in [-0.1, -0.05) is 6.07 Å². The summed E-state index contributed by atoms with van der Waals surface area (Å²) >= 11 is 4.18. The van der Waals surface area contributed by atoms with Crippen molar-refractivity contribution in [3.8, 4) is 0 Å². The highest BCUT2D eigenvalue weighted by molar-refractivity contribution is 7.80. The third-order valence-electron chi connectivity index (χ3n) is 2.69. The van der Waals surface area contributed by atoms with Crippen LogP contribution in [0, 0.1) is 6.92 Å². The summed E-state index contributed by atoms with van der Waals surface area (Å²) in [5, 5.41) is 2.15. The number of nitrogens with one attached hydrogen (secondary N) is 1. The Hall–Kier alpha value is -1.82. The first kappa shape index (κ1) is 12.6. The van der Waals surface area contributed by atoms with Crippen molar-refractivity contribution in [3.63, 3.8) is 0 Å². The molecule has 0 bridgehead atoms. The Bertz CT molecular complexity index is 526. The molecule has 0 spiro atoms. The van der Waals surface area contributed by atoms with Crippen LogP contribution in [0.2, 0.25) is 0 Å². The van der Waals surface area contributed by atoms with Crippen molar-refractivity contribution in [3.05, 3.63) is 29.3 Å². The molecule has 1 aromatic rings. The first-order chi connectivity index (χ1) is 8.47. The lowest BCUT2D eigenvalue weighted by atomic mass is 10.1. The van der Waals surface area contributed by atoms with E-state index >= 15 is 0 Å². The smallest absolute Gasteiger partial charge is 0.255 e. The number of amides is 3. The number of hydrogen-bond acceptors (Lipinski definition) is 4. The van der Waals surface area contributed by atoms with E-state index < -0.39 is 11.8 Å². The molecule has 0 aliphatic carbocycles. The van der Waals surface area contributed by atoms with E-state index in [1.807, 2.05) is 0 Å². The van der Waals surface area contributed by atoms with Crippen molar-refractivity contribution in [2.75, 3.05) is 13.1 Å². The fourth-order valence-electron chi connectivity index (χ4n) is 1.79. The fourth-order valence-corrected chi connectivity index (χ4v) is 2.00. The van der Waals surface area contributed by atoms with Crippen molar-refractivity contribution < 1.29 is 14.4 Å². The van der Waals surface area contributed by atoms with Gasteiger partial charge in [-0.2, -0.15) is 0 Å². The van der Waals surface area contributed by atoms with Crippen LogP contribution in [0.25, 0.3) is 0 Å². The molecular formula is C12H12N2O3S. The molecule has 5 nitrogen and oxygen atoms in total. The van der Waals surface area contributed by atoms with E-state index in [4.69, 9.17) is 0 Å². The van der Waals surface area contributed by atoms with Gasteiger partial charge in [-0.3, -0.25) is 19.7 Å². The maximum Gasteiger partial charge on any atom is 0.255 e. The number of imide groups is 1. The van der Waals surface area contributed by atoms with Crippen LogP contribution < -0.4 is 5.32 Å². The zero-order valence-corrected chi connectivity index (χ0v) is 10.7. The number of aryl methyl sites for hydroxylation is 1. The van der Waals surface area contributed by atoms with E-state index in [-0.39, 0.29) is 19.0 Å². The summed E-state index contributed by atoms with van der Waals surface area (Å²) in [6.45, 7) is 1.61. The minimum Gasteiger partial charge on any atom is -0.320 e. The molecule has 1 aliphatic heterocycles. The van der Waals surface area contributed by atoms with Crippen LogP contribution in [-0.4, -0.2) is 35.7 Å². The number of carbonyl (C=O) groups is 3. The highest BCUT2D eigenvalue weighted by Crippen LogP contribution is 2.16. The Balaban J connectivity index is 2.28. The summed E-state index contributed by atoms with van der Waals surface area (Å²) in [6, 6.07) is 5.20. The molecule has 6 heteroatoms. The molecule has 1 aliphatic rings. The van der Waals surface area contributed by atoms with Gasteiger partial charge in [0.15, 0.2) is 0 Å². The fraction of sp³-hybridized carbons (Fsp3) is 0.250. The summed E-state index contributed by atoms with van der Waals surface area (Å²) in [5.41, 5.74) is 1.25. The average Bonchev–Trinajstić information content (AvgIpc) is 2.30. The van der Waals surface area contributed by atoms with Crippen molar-refractivity contribution in [2.24, 2.45) is 0 Å². The van der Waals surface area contributed by atoms with Crippen LogP contribution in [0.5, 0.6) is 0 Å². The molecular weight excluding hydrogens is 252 g/mol. The Kier molecular flexibility index (Phi) is 3.38. The van der Waals surface area contributed by atoms with Crippen LogP contribution in [-0.2, 0) is 9.59 Å². The molecule has 94 valence electrons. The molecule has 1 aromatic carbocycles. The van der Waals surface area contributed by atoms with Gasteiger partial charge in [0.25, 0.3) is 5.91 Å². The number of carbonyl (C=O) groups excluding carboxylic acids is 3. The average molecular weight is 264 g/mol. The summed E-state index contributed by atoms with van der Waals surface area (Å²) in [5.74, 6) is -1.25. The second-order valence-corrected chi connectivity index (χ2v) is 4.65. The predicted molar refractivity (Wildman–Crippen MR) is 67.5 cm³/mol. The van der Waals surface area contributed by atoms with Crippen molar-refractivity contribution in [2.45, 2.75) is 11.8 Å². The summed E-state index contributed by atoms with van der Waals surface area (Å²) < 4.78 is 0. The number of piperazine rings is 1. The van der Waals surface area contributed by atoms with Gasteiger partial charge in [-0.05, 0) is 24.6 Å². The molecule has 1 fully saturated rings. The zero-order chi connectivity index (χ0) is 13.3. The highest BCUT2D eigenvalue weighted by Gasteiger charge is 2.27. The van der Waals surface area contributed by atoms with Gasteiger partial charge in [0.05, 0.1) is 0 Å². The molecule has 0 aromatic heterocycles. The van der Waals surface area contributed by atoms with Crippen LogP contribution in [0.15, 0.2) is 23.1 Å². The van der Waals surface area contributed by atoms with Gasteiger partial charge in [-0.15, -0.1) is 12.6 Å². The number of nitrogens with zero attached hydrogens (tertiary/aromatic N) is 1. The van der Waals surface area contributed by atoms with E-state index in [0.717, 1.165) is 5.56 Å². The van der Waals surface area contributed by atoms with E-state index in [1.165, 1.54) is 4.90 Å². The van der Waals surface area contributed by atoms with E-state index in [2.05, 4.69) is 17.9 Å². The predicted octanol–water partition coefficient (Wildman–Crippen LogP) is 0.382. The van der Waals surface area contributed by atoms with E-state index in [0.29, 0.717) is 10.5 Å². The summed E-state index contributed by atoms with van der Waals surface area (Å²) in [4.78, 5) is 36.6. The van der Waals surface area contributed by atoms with Crippen LogP contribution >= 0.6 is 12.6 Å². The number of rotatable bonds is 1. The van der Waals surface area contributed by atoms with Gasteiger partial charge in [-0.25, -0.2) is 0 Å². The number of benzene rings is 1. The summed E-state index contributed by atoms with van der Waals surface area (Å²) in [6.07, 6.45) is 0. The largest absolute Gasteiger partial charge is 0.320 e. The number of hydrogen-bond donors (Lipinski definition) is 2. The maximum absolute atomic E-state index is 12.2. The van der Waals surface area contributed by atoms with Crippen LogP contribution in [0.1, 0.15) is 15.9 Å². The normalized spacial score (nSPS) is 15.6. The minimum atomic E-state index is -0.459. The van der Waals surface area contributed by atoms with Gasteiger partial charge in [0.2, 0.25) is 11.8 Å². The third kappa shape index (κ3) is 2.53. The lowest BCUT2D eigenvalue weighted by Crippen LogP contribution is -2.53. The Morgan fingerprint density at radius 2 is 1.89 bits per heavy atom. The second kappa shape index (κ2) is 4.81. The topological polar surface area (TPSA) is 66.5 Å². The highest BCUT2D eigenvalue weighted by atomic mass is 32.1. The molecule has 1 heterocycles. The van der Waals surface area contributed by atoms with Crippen molar-refractivity contribution in [1.82, 2.24) is 10.2 Å². The van der Waals surface area contributed by atoms with E-state index in [1.54, 1.807) is 25.1 Å². The van der Waals surface area contributed by atoms with Gasteiger partial charge in [0, 0.05) is 10.5 Å². The molecule has 3 amide bonds. The Labute approximate surface area is 110 Å². The standard InChI is InChI=1S/C12H12N2O3S/c1-7-2-3-8(18)4-9(7)12(17)14-5-10(15)13-11(16)6-14/h2-4,18H,5-6H2,1H3,(H,13,15,16). The SMILES string of the molecule is Cc1ccc(S)cc1C(=O)N1CC(=O)NC(=O)C1. The maximum atomic E-state index is 12.2. The van der Waals surface area contributed by atoms with Crippen molar-refractivity contribution >= 4 is 30.4 Å². The lowest BCUT2D eigenvalue weighted by molar-refractivity contribution is -0.135. The Morgan fingerprint density at radius 3 is 2.50 bits per heavy atom. The number of thiol groups is 1. The van der Waals surface area contributed by atoms with Crippen LogP contribution in [0.4, 0.5) is 0 Å².